The maximum atomic E-state index is 10.7. The lowest BCUT2D eigenvalue weighted by Crippen LogP contribution is -2.26. The second-order valence-electron chi connectivity index (χ2n) is 1.76. The highest BCUT2D eigenvalue weighted by Gasteiger charge is 1.96. The molecule has 1 N–H and O–H groups in total. The van der Waals surface area contributed by atoms with Crippen LogP contribution in [0.5, 0.6) is 0 Å². The van der Waals surface area contributed by atoms with Crippen LogP contribution in [0.4, 0.5) is 0 Å². The summed E-state index contributed by atoms with van der Waals surface area (Å²) >= 11 is 3.88. The summed E-state index contributed by atoms with van der Waals surface area (Å²) in [6.45, 7) is 0.697. The molecule has 0 aliphatic rings. The van der Waals surface area contributed by atoms with Crippen molar-refractivity contribution in [3.8, 4) is 0 Å². The predicted molar refractivity (Wildman–Crippen MR) is 45.7 cm³/mol. The number of hydrogen-bond donors (Lipinski definition) is 2. The summed E-state index contributed by atoms with van der Waals surface area (Å²) in [5.74, 6) is 0.480. The SMILES string of the molecule is O=C(CCS)NCCOP[O-]. The van der Waals surface area contributed by atoms with E-state index < -0.39 is 9.03 Å². The quantitative estimate of drug-likeness (QED) is 0.336. The van der Waals surface area contributed by atoms with Crippen molar-refractivity contribution in [1.29, 1.82) is 0 Å². The molecule has 0 aromatic carbocycles. The largest absolute Gasteiger partial charge is 0.810 e. The summed E-state index contributed by atoms with van der Waals surface area (Å²) in [5.41, 5.74) is 0. The minimum atomic E-state index is -0.754. The molecule has 0 aromatic rings. The Balaban J connectivity index is 3.04. The number of thiol groups is 1. The zero-order valence-corrected chi connectivity index (χ0v) is 7.89. The summed E-state index contributed by atoms with van der Waals surface area (Å²) in [6, 6.07) is 0. The molecule has 0 fully saturated rings. The maximum Gasteiger partial charge on any atom is 0.220 e. The topological polar surface area (TPSA) is 61.4 Å². The van der Waals surface area contributed by atoms with Crippen molar-refractivity contribution < 1.29 is 14.2 Å². The van der Waals surface area contributed by atoms with Crippen LogP contribution < -0.4 is 10.2 Å². The molecule has 0 heterocycles. The zero-order valence-electron chi connectivity index (χ0n) is 6.00. The van der Waals surface area contributed by atoms with Gasteiger partial charge in [-0.2, -0.15) is 12.6 Å². The normalized spacial score (nSPS) is 10.7. The maximum absolute atomic E-state index is 10.7. The van der Waals surface area contributed by atoms with Crippen molar-refractivity contribution in [2.45, 2.75) is 6.42 Å². The van der Waals surface area contributed by atoms with E-state index in [1.165, 1.54) is 0 Å². The van der Waals surface area contributed by atoms with Crippen LogP contribution in [0, 0.1) is 0 Å². The predicted octanol–water partition coefficient (Wildman–Crippen LogP) is -0.692. The van der Waals surface area contributed by atoms with Crippen molar-refractivity contribution in [3.63, 3.8) is 0 Å². The molecule has 11 heavy (non-hydrogen) atoms. The van der Waals surface area contributed by atoms with Crippen molar-refractivity contribution in [2.24, 2.45) is 0 Å². The van der Waals surface area contributed by atoms with Crippen LogP contribution in [-0.4, -0.2) is 24.8 Å². The van der Waals surface area contributed by atoms with Crippen molar-refractivity contribution in [2.75, 3.05) is 18.9 Å². The Labute approximate surface area is 73.1 Å². The molecule has 1 unspecified atom stereocenters. The fourth-order valence-corrected chi connectivity index (χ4v) is 0.862. The molecule has 0 aromatic heterocycles. The monoisotopic (exact) mass is 196 g/mol. The highest BCUT2D eigenvalue weighted by Crippen LogP contribution is 1.94. The first-order chi connectivity index (χ1) is 5.31. The average Bonchev–Trinajstić information content (AvgIpc) is 1.99. The van der Waals surface area contributed by atoms with Crippen LogP contribution in [0.3, 0.4) is 0 Å². The summed E-state index contributed by atoms with van der Waals surface area (Å²) in [4.78, 5) is 20.5. The lowest BCUT2D eigenvalue weighted by molar-refractivity contribution is -0.169. The van der Waals surface area contributed by atoms with Gasteiger partial charge in [-0.25, -0.2) is 0 Å². The second-order valence-corrected chi connectivity index (χ2v) is 2.66. The van der Waals surface area contributed by atoms with Gasteiger partial charge in [0.1, 0.15) is 0 Å². The van der Waals surface area contributed by atoms with Gasteiger partial charge in [-0.3, -0.25) is 4.79 Å². The van der Waals surface area contributed by atoms with Crippen LogP contribution >= 0.6 is 21.7 Å². The Morgan fingerprint density at radius 2 is 2.45 bits per heavy atom. The van der Waals surface area contributed by atoms with Crippen molar-refractivity contribution >= 4 is 27.6 Å². The zero-order chi connectivity index (χ0) is 8.53. The molecule has 0 spiro atoms. The minimum absolute atomic E-state index is 0.0576. The van der Waals surface area contributed by atoms with E-state index in [0.717, 1.165) is 0 Å². The molecule has 66 valence electrons. The van der Waals surface area contributed by atoms with Gasteiger partial charge in [0.05, 0.1) is 6.61 Å². The fraction of sp³-hybridized carbons (Fsp3) is 0.800. The molecule has 0 rings (SSSR count). The van der Waals surface area contributed by atoms with E-state index in [1.807, 2.05) is 0 Å². The van der Waals surface area contributed by atoms with E-state index in [9.17, 15) is 9.69 Å². The van der Waals surface area contributed by atoms with Gasteiger partial charge in [-0.1, -0.05) is 9.03 Å². The number of carbonyl (C=O) groups is 1. The number of nitrogens with one attached hydrogen (secondary N) is 1. The average molecular weight is 196 g/mol. The molecule has 0 radical (unpaired) electrons. The van der Waals surface area contributed by atoms with Crippen molar-refractivity contribution in [1.82, 2.24) is 5.32 Å². The first kappa shape index (κ1) is 11.2. The molecule has 4 nitrogen and oxygen atoms in total. The van der Waals surface area contributed by atoms with Gasteiger partial charge in [0, 0.05) is 13.0 Å². The molecule has 6 heteroatoms. The molecule has 0 aliphatic heterocycles. The Hall–Kier alpha value is 0.170. The van der Waals surface area contributed by atoms with Gasteiger partial charge in [-0.15, -0.1) is 0 Å². The van der Waals surface area contributed by atoms with Crippen LogP contribution in [0.15, 0.2) is 0 Å². The Morgan fingerprint density at radius 1 is 1.73 bits per heavy atom. The summed E-state index contributed by atoms with van der Waals surface area (Å²) < 4.78 is 4.50. The second kappa shape index (κ2) is 8.27. The fourth-order valence-electron chi connectivity index (χ4n) is 0.473. The molecule has 0 bridgehead atoms. The lowest BCUT2D eigenvalue weighted by Gasteiger charge is -2.06. The van der Waals surface area contributed by atoms with Crippen molar-refractivity contribution in [3.05, 3.63) is 0 Å². The minimum Gasteiger partial charge on any atom is -0.810 e. The highest BCUT2D eigenvalue weighted by molar-refractivity contribution is 7.80. The Kier molecular flexibility index (Phi) is 8.40. The Morgan fingerprint density at radius 3 is 3.00 bits per heavy atom. The molecule has 1 atom stereocenters. The Bertz CT molecular complexity index is 114. The van der Waals surface area contributed by atoms with Gasteiger partial charge in [0.15, 0.2) is 0 Å². The molecule has 1 amide bonds. The third-order valence-corrected chi connectivity index (χ3v) is 1.47. The van der Waals surface area contributed by atoms with Gasteiger partial charge in [-0.05, 0) is 5.75 Å². The number of amides is 1. The van der Waals surface area contributed by atoms with Gasteiger partial charge >= 0.3 is 0 Å². The first-order valence-electron chi connectivity index (χ1n) is 3.17. The molecule has 0 saturated carbocycles. The smallest absolute Gasteiger partial charge is 0.220 e. The number of carbonyl (C=O) groups excluding carboxylic acids is 1. The van der Waals surface area contributed by atoms with E-state index >= 15 is 0 Å². The van der Waals surface area contributed by atoms with E-state index in [2.05, 4.69) is 22.5 Å². The van der Waals surface area contributed by atoms with E-state index in [4.69, 9.17) is 0 Å². The summed E-state index contributed by atoms with van der Waals surface area (Å²) in [7, 11) is -0.754. The molecule has 0 saturated heterocycles. The van der Waals surface area contributed by atoms with Crippen LogP contribution in [0.2, 0.25) is 0 Å². The molecule has 0 aliphatic carbocycles. The third-order valence-electron chi connectivity index (χ3n) is 0.924. The molecular formula is C5H11NO3PS-. The number of rotatable bonds is 6. The molecular weight excluding hydrogens is 185 g/mol. The summed E-state index contributed by atoms with van der Waals surface area (Å²) in [6.07, 6.45) is 0.406. The third kappa shape index (κ3) is 8.07. The number of hydrogen-bond acceptors (Lipinski definition) is 4. The van der Waals surface area contributed by atoms with Gasteiger partial charge in [0.25, 0.3) is 0 Å². The lowest BCUT2D eigenvalue weighted by atomic mass is 10.4. The van der Waals surface area contributed by atoms with Crippen LogP contribution in [0.25, 0.3) is 0 Å². The highest BCUT2D eigenvalue weighted by atomic mass is 32.1. The summed E-state index contributed by atoms with van der Waals surface area (Å²) in [5, 5.41) is 2.57. The standard InChI is InChI=1S/C5H11NO3PS/c7-5(1-4-11)6-2-3-9-10-8/h10-11H,1-4H2,(H,6,7)/q-1. The van der Waals surface area contributed by atoms with Crippen LogP contribution in [-0.2, 0) is 9.32 Å². The van der Waals surface area contributed by atoms with Gasteiger partial charge in [0.2, 0.25) is 5.91 Å². The van der Waals surface area contributed by atoms with E-state index in [0.29, 0.717) is 25.3 Å². The van der Waals surface area contributed by atoms with E-state index in [1.54, 1.807) is 0 Å². The van der Waals surface area contributed by atoms with Gasteiger partial charge < -0.3 is 14.7 Å². The first-order valence-corrected chi connectivity index (χ1v) is 4.62. The van der Waals surface area contributed by atoms with Crippen LogP contribution in [0.1, 0.15) is 6.42 Å². The van der Waals surface area contributed by atoms with E-state index in [-0.39, 0.29) is 5.91 Å².